The topological polar surface area (TPSA) is 68.5 Å². The quantitative estimate of drug-likeness (QED) is 0.867. The summed E-state index contributed by atoms with van der Waals surface area (Å²) in [5.41, 5.74) is 1.89. The highest BCUT2D eigenvalue weighted by molar-refractivity contribution is 5.63. The molecule has 0 aliphatic heterocycles. The second-order valence-corrected chi connectivity index (χ2v) is 4.10. The molecule has 2 aromatic rings. The second kappa shape index (κ2) is 4.48. The van der Waals surface area contributed by atoms with E-state index in [1.165, 1.54) is 6.33 Å². The molecular weight excluding hydrogens is 216 g/mol. The molecule has 0 saturated heterocycles. The van der Waals surface area contributed by atoms with Crippen LogP contribution in [-0.2, 0) is 7.05 Å². The number of nitrogens with zero attached hydrogens (tertiary/aromatic N) is 5. The third-order valence-electron chi connectivity index (χ3n) is 2.62. The molecule has 0 unspecified atom stereocenters. The molecule has 2 heterocycles. The lowest BCUT2D eigenvalue weighted by Gasteiger charge is -2.14. The zero-order valence-corrected chi connectivity index (χ0v) is 10.5. The van der Waals surface area contributed by atoms with E-state index in [4.69, 9.17) is 0 Å². The molecule has 2 aromatic heterocycles. The van der Waals surface area contributed by atoms with E-state index in [0.29, 0.717) is 5.92 Å². The van der Waals surface area contributed by atoms with E-state index in [2.05, 4.69) is 39.2 Å². The summed E-state index contributed by atoms with van der Waals surface area (Å²) in [4.78, 5) is 12.8. The van der Waals surface area contributed by atoms with Crippen molar-refractivity contribution in [3.63, 3.8) is 0 Å². The van der Waals surface area contributed by atoms with E-state index in [-0.39, 0.29) is 0 Å². The van der Waals surface area contributed by atoms with E-state index >= 15 is 0 Å². The van der Waals surface area contributed by atoms with Crippen LogP contribution in [0.4, 0.5) is 5.82 Å². The number of nitrogens with one attached hydrogen (secondary N) is 1. The first kappa shape index (κ1) is 11.5. The van der Waals surface area contributed by atoms with Gasteiger partial charge in [0.15, 0.2) is 5.82 Å². The van der Waals surface area contributed by atoms with Crippen molar-refractivity contribution in [3.8, 4) is 11.5 Å². The fourth-order valence-corrected chi connectivity index (χ4v) is 1.83. The maximum absolute atomic E-state index is 4.34. The summed E-state index contributed by atoms with van der Waals surface area (Å²) < 4.78 is 1.72. The smallest absolute Gasteiger partial charge is 0.176 e. The zero-order valence-electron chi connectivity index (χ0n) is 10.5. The summed E-state index contributed by atoms with van der Waals surface area (Å²) in [6.45, 7) is 4.22. The van der Waals surface area contributed by atoms with Crippen LogP contribution in [0, 0.1) is 0 Å². The Morgan fingerprint density at radius 3 is 2.47 bits per heavy atom. The molecule has 0 saturated carbocycles. The minimum absolute atomic E-state index is 0.311. The third kappa shape index (κ3) is 1.98. The van der Waals surface area contributed by atoms with Crippen molar-refractivity contribution in [1.82, 2.24) is 24.7 Å². The van der Waals surface area contributed by atoms with Crippen LogP contribution < -0.4 is 5.32 Å². The van der Waals surface area contributed by atoms with Crippen molar-refractivity contribution in [1.29, 1.82) is 0 Å². The van der Waals surface area contributed by atoms with Gasteiger partial charge in [-0.1, -0.05) is 13.8 Å². The number of hydrogen-bond acceptors (Lipinski definition) is 5. The molecule has 1 N–H and O–H groups in total. The summed E-state index contributed by atoms with van der Waals surface area (Å²) in [5, 5.41) is 7.16. The van der Waals surface area contributed by atoms with E-state index in [1.807, 2.05) is 14.1 Å². The predicted molar refractivity (Wildman–Crippen MR) is 65.7 cm³/mol. The first-order valence-electron chi connectivity index (χ1n) is 5.52. The normalized spacial score (nSPS) is 10.9. The Bertz CT molecular complexity index is 516. The van der Waals surface area contributed by atoms with E-state index in [0.717, 1.165) is 22.9 Å². The lowest BCUT2D eigenvalue weighted by Crippen LogP contribution is -2.07. The van der Waals surface area contributed by atoms with Crippen LogP contribution in [-0.4, -0.2) is 31.8 Å². The van der Waals surface area contributed by atoms with Crippen molar-refractivity contribution in [2.45, 2.75) is 19.8 Å². The fraction of sp³-hybridized carbons (Fsp3) is 0.455. The molecule has 0 radical (unpaired) electrons. The van der Waals surface area contributed by atoms with Crippen molar-refractivity contribution in [3.05, 3.63) is 18.2 Å². The van der Waals surface area contributed by atoms with E-state index in [9.17, 15) is 0 Å². The monoisotopic (exact) mass is 232 g/mol. The Balaban J connectivity index is 2.65. The van der Waals surface area contributed by atoms with Crippen LogP contribution in [0.25, 0.3) is 11.5 Å². The van der Waals surface area contributed by atoms with Crippen molar-refractivity contribution < 1.29 is 0 Å². The van der Waals surface area contributed by atoms with Crippen LogP contribution >= 0.6 is 0 Å². The highest BCUT2D eigenvalue weighted by Gasteiger charge is 2.18. The average molecular weight is 232 g/mol. The largest absolute Gasteiger partial charge is 0.373 e. The Morgan fingerprint density at radius 1 is 1.18 bits per heavy atom. The van der Waals surface area contributed by atoms with Gasteiger partial charge in [-0.2, -0.15) is 5.10 Å². The Morgan fingerprint density at radius 2 is 1.94 bits per heavy atom. The summed E-state index contributed by atoms with van der Waals surface area (Å²) in [5.74, 6) is 1.91. The molecule has 17 heavy (non-hydrogen) atoms. The lowest BCUT2D eigenvalue weighted by molar-refractivity contribution is 0.764. The summed E-state index contributed by atoms with van der Waals surface area (Å²) in [7, 11) is 3.71. The summed E-state index contributed by atoms with van der Waals surface area (Å²) in [6, 6.07) is 0. The second-order valence-electron chi connectivity index (χ2n) is 4.10. The molecule has 6 nitrogen and oxygen atoms in total. The summed E-state index contributed by atoms with van der Waals surface area (Å²) in [6.07, 6.45) is 3.07. The zero-order chi connectivity index (χ0) is 12.4. The van der Waals surface area contributed by atoms with Gasteiger partial charge in [0.2, 0.25) is 0 Å². The molecule has 0 aromatic carbocycles. The summed E-state index contributed by atoms with van der Waals surface area (Å²) >= 11 is 0. The van der Waals surface area contributed by atoms with Gasteiger partial charge in [0.25, 0.3) is 0 Å². The van der Waals surface area contributed by atoms with Gasteiger partial charge in [0, 0.05) is 19.7 Å². The molecule has 2 rings (SSSR count). The third-order valence-corrected chi connectivity index (χ3v) is 2.62. The maximum Gasteiger partial charge on any atom is 0.176 e. The van der Waals surface area contributed by atoms with Crippen LogP contribution in [0.15, 0.2) is 12.7 Å². The first-order chi connectivity index (χ1) is 8.15. The van der Waals surface area contributed by atoms with Crippen LogP contribution in [0.1, 0.15) is 25.3 Å². The molecule has 0 spiro atoms. The first-order valence-corrected chi connectivity index (χ1v) is 5.52. The molecule has 0 bridgehead atoms. The van der Waals surface area contributed by atoms with Gasteiger partial charge < -0.3 is 5.32 Å². The highest BCUT2D eigenvalue weighted by atomic mass is 15.3. The average Bonchev–Trinajstić information content (AvgIpc) is 2.74. The standard InChI is InChI=1S/C11H16N6/c1-7(2)8-9(11-15-6-16-17(11)4)13-5-14-10(8)12-3/h5-7H,1-4H3,(H,12,13,14). The Labute approximate surface area is 100 Å². The number of hydrogen-bond donors (Lipinski definition) is 1. The van der Waals surface area contributed by atoms with Crippen LogP contribution in [0.5, 0.6) is 0 Å². The Hall–Kier alpha value is -1.98. The van der Waals surface area contributed by atoms with Gasteiger partial charge in [0.1, 0.15) is 24.2 Å². The molecular formula is C11H16N6. The van der Waals surface area contributed by atoms with E-state index in [1.54, 1.807) is 11.0 Å². The van der Waals surface area contributed by atoms with Gasteiger partial charge in [-0.15, -0.1) is 0 Å². The number of aromatic nitrogens is 5. The Kier molecular flexibility index (Phi) is 3.03. The van der Waals surface area contributed by atoms with Crippen LogP contribution in [0.3, 0.4) is 0 Å². The maximum atomic E-state index is 4.34. The molecule has 6 heteroatoms. The minimum Gasteiger partial charge on any atom is -0.373 e. The highest BCUT2D eigenvalue weighted by Crippen LogP contribution is 2.29. The van der Waals surface area contributed by atoms with Crippen LogP contribution in [0.2, 0.25) is 0 Å². The molecule has 0 aliphatic carbocycles. The predicted octanol–water partition coefficient (Wildman–Crippen LogP) is 1.44. The van der Waals surface area contributed by atoms with Crippen molar-refractivity contribution in [2.75, 3.05) is 12.4 Å². The van der Waals surface area contributed by atoms with Gasteiger partial charge >= 0.3 is 0 Å². The van der Waals surface area contributed by atoms with Gasteiger partial charge in [-0.3, -0.25) is 0 Å². The van der Waals surface area contributed by atoms with Crippen molar-refractivity contribution >= 4 is 5.82 Å². The molecule has 0 aliphatic rings. The number of rotatable bonds is 3. The lowest BCUT2D eigenvalue weighted by atomic mass is 10.0. The van der Waals surface area contributed by atoms with E-state index < -0.39 is 0 Å². The number of aryl methyl sites for hydroxylation is 1. The minimum atomic E-state index is 0.311. The number of anilines is 1. The molecule has 0 atom stereocenters. The molecule has 0 fully saturated rings. The molecule has 0 amide bonds. The van der Waals surface area contributed by atoms with Gasteiger partial charge in [0.05, 0.1) is 0 Å². The van der Waals surface area contributed by atoms with Gasteiger partial charge in [-0.25, -0.2) is 19.6 Å². The SMILES string of the molecule is CNc1ncnc(-c2ncnn2C)c1C(C)C. The van der Waals surface area contributed by atoms with Gasteiger partial charge in [-0.05, 0) is 5.92 Å². The van der Waals surface area contributed by atoms with Crippen molar-refractivity contribution in [2.24, 2.45) is 7.05 Å². The fourth-order valence-electron chi connectivity index (χ4n) is 1.83. The molecule has 90 valence electrons.